The average molecular weight is 605 g/mol. The van der Waals surface area contributed by atoms with Crippen LogP contribution in [0.1, 0.15) is 187 Å². The van der Waals surface area contributed by atoms with E-state index in [4.69, 9.17) is 0 Å². The van der Waals surface area contributed by atoms with E-state index in [1.165, 1.54) is 180 Å². The fourth-order valence-corrected chi connectivity index (χ4v) is 6.11. The zero-order chi connectivity index (χ0) is 27.3. The maximum Gasteiger partial charge on any atom is 0.102 e. The Morgan fingerprint density at radius 1 is 0.447 bits per heavy atom. The van der Waals surface area contributed by atoms with Gasteiger partial charge < -0.3 is 26.6 Å². The number of rotatable bonds is 31. The molecule has 0 aromatic carbocycles. The molecule has 0 aromatic rings. The van der Waals surface area contributed by atoms with Crippen LogP contribution in [0.5, 0.6) is 0 Å². The zero-order valence-corrected chi connectivity index (χ0v) is 28.6. The van der Waals surface area contributed by atoms with Crippen LogP contribution < -0.4 is 17.0 Å². The molecule has 0 fully saturated rings. The normalized spacial score (nSPS) is 12.6. The van der Waals surface area contributed by atoms with E-state index >= 15 is 0 Å². The monoisotopic (exact) mass is 603 g/mol. The molecule has 0 saturated heterocycles. The average Bonchev–Trinajstić information content (AvgIpc) is 2.87. The molecule has 0 aromatic heterocycles. The van der Waals surface area contributed by atoms with Crippen molar-refractivity contribution in [1.82, 2.24) is 0 Å². The molecule has 0 spiro atoms. The molecule has 0 amide bonds. The third-order valence-electron chi connectivity index (χ3n) is 8.64. The van der Waals surface area contributed by atoms with Gasteiger partial charge in [-0.3, -0.25) is 0 Å². The Labute approximate surface area is 252 Å². The predicted octanol–water partition coefficient (Wildman–Crippen LogP) is 8.25. The van der Waals surface area contributed by atoms with Crippen LogP contribution in [0.15, 0.2) is 0 Å². The highest BCUT2D eigenvalue weighted by Crippen LogP contribution is 2.22. The van der Waals surface area contributed by atoms with Crippen molar-refractivity contribution in [2.75, 3.05) is 33.8 Å². The van der Waals surface area contributed by atoms with Crippen molar-refractivity contribution in [2.24, 2.45) is 5.92 Å². The maximum atomic E-state index is 9.49. The summed E-state index contributed by atoms with van der Waals surface area (Å²) in [6.45, 7) is 7.07. The first-order valence-corrected chi connectivity index (χ1v) is 17.5. The lowest BCUT2D eigenvalue weighted by atomic mass is 9.93. The van der Waals surface area contributed by atoms with Gasteiger partial charge in [0.25, 0.3) is 0 Å². The van der Waals surface area contributed by atoms with E-state index in [0.29, 0.717) is 6.61 Å². The van der Waals surface area contributed by atoms with Crippen LogP contribution in [0.3, 0.4) is 0 Å². The number of halogens is 1. The van der Waals surface area contributed by atoms with Crippen LogP contribution in [0, 0.1) is 5.92 Å². The van der Waals surface area contributed by atoms with E-state index in [1.54, 1.807) is 0 Å². The van der Waals surface area contributed by atoms with Gasteiger partial charge in [0, 0.05) is 5.92 Å². The van der Waals surface area contributed by atoms with Gasteiger partial charge in [-0.2, -0.15) is 0 Å². The lowest BCUT2D eigenvalue weighted by Gasteiger charge is -2.33. The van der Waals surface area contributed by atoms with Gasteiger partial charge in [-0.1, -0.05) is 174 Å². The molecule has 0 saturated carbocycles. The summed E-state index contributed by atoms with van der Waals surface area (Å²) in [6.07, 6.45) is 38.8. The molecule has 0 rings (SSSR count). The molecule has 0 aliphatic rings. The van der Waals surface area contributed by atoms with Gasteiger partial charge in [-0.15, -0.1) is 0 Å². The summed E-state index contributed by atoms with van der Waals surface area (Å²) in [6, 6.07) is 0. The molecule has 1 N–H and O–H groups in total. The Balaban J connectivity index is 0. The summed E-state index contributed by atoms with van der Waals surface area (Å²) < 4.78 is 0.984. The molecule has 0 aliphatic heterocycles. The lowest BCUT2D eigenvalue weighted by molar-refractivity contribution is -0.894. The fraction of sp³-hybridized carbons (Fsp3) is 1.00. The van der Waals surface area contributed by atoms with Gasteiger partial charge in [0.1, 0.15) is 6.54 Å². The first kappa shape index (κ1) is 40.5. The minimum absolute atomic E-state index is 0. The summed E-state index contributed by atoms with van der Waals surface area (Å²) in [5.74, 6) is 0.845. The fourth-order valence-electron chi connectivity index (χ4n) is 6.11. The smallest absolute Gasteiger partial charge is 0.102 e. The number of hydrogen-bond acceptors (Lipinski definition) is 1. The molecule has 0 bridgehead atoms. The van der Waals surface area contributed by atoms with Gasteiger partial charge in [0.05, 0.1) is 27.2 Å². The Morgan fingerprint density at radius 2 is 0.711 bits per heavy atom. The topological polar surface area (TPSA) is 20.2 Å². The Hall–Kier alpha value is 0.400. The van der Waals surface area contributed by atoms with Crippen LogP contribution in [0.4, 0.5) is 0 Å². The number of aliphatic hydroxyl groups is 1. The highest BCUT2D eigenvalue weighted by atomic mass is 79.9. The molecule has 0 heterocycles. The summed E-state index contributed by atoms with van der Waals surface area (Å²) in [5.41, 5.74) is 0. The van der Waals surface area contributed by atoms with Gasteiger partial charge in [0.2, 0.25) is 0 Å². The molecule has 1 atom stereocenters. The molecule has 232 valence electrons. The number of likely N-dealkylation sites (N-methyl/N-ethyl adjacent to an activating group) is 1. The zero-order valence-electron chi connectivity index (χ0n) is 27.1. The molecular weight excluding hydrogens is 530 g/mol. The van der Waals surface area contributed by atoms with E-state index in [0.717, 1.165) is 16.9 Å². The number of aliphatic hydroxyl groups excluding tert-OH is 1. The third-order valence-corrected chi connectivity index (χ3v) is 8.64. The number of quaternary nitrogens is 1. The predicted molar refractivity (Wildman–Crippen MR) is 168 cm³/mol. The minimum Gasteiger partial charge on any atom is -1.00 e. The first-order chi connectivity index (χ1) is 18.1. The number of unbranched alkanes of at least 4 members (excludes halogenated alkanes) is 23. The van der Waals surface area contributed by atoms with Crippen molar-refractivity contribution in [3.63, 3.8) is 0 Å². The second-order valence-electron chi connectivity index (χ2n) is 13.1. The molecule has 3 heteroatoms. The van der Waals surface area contributed by atoms with Gasteiger partial charge in [-0.05, 0) is 12.8 Å². The van der Waals surface area contributed by atoms with Gasteiger partial charge in [0.15, 0.2) is 0 Å². The second-order valence-corrected chi connectivity index (χ2v) is 13.1. The van der Waals surface area contributed by atoms with Crippen molar-refractivity contribution in [2.45, 2.75) is 187 Å². The van der Waals surface area contributed by atoms with Crippen molar-refractivity contribution < 1.29 is 26.6 Å². The van der Waals surface area contributed by atoms with Crippen LogP contribution in [-0.4, -0.2) is 43.4 Å². The Bertz CT molecular complexity index is 428. The van der Waals surface area contributed by atoms with Crippen molar-refractivity contribution in [3.8, 4) is 0 Å². The second kappa shape index (κ2) is 31.9. The molecular formula is C35H74BrNO. The largest absolute Gasteiger partial charge is 1.00 e. The standard InChI is InChI=1S/C35H74NO.BrH/c1-5-7-9-11-13-15-17-19-21-23-25-27-29-31-35(34-36(3,4)32-33-37)30-28-26-24-22-20-18-16-14-12-10-8-6-2;/h35,37H,5-34H2,1-4H3;1H/q+1;/p-1. The number of hydrogen-bond donors (Lipinski definition) is 1. The number of nitrogens with zero attached hydrogens (tertiary/aromatic N) is 1. The van der Waals surface area contributed by atoms with Gasteiger partial charge in [-0.25, -0.2) is 0 Å². The summed E-state index contributed by atoms with van der Waals surface area (Å²) in [5, 5.41) is 9.49. The Morgan fingerprint density at radius 3 is 0.974 bits per heavy atom. The van der Waals surface area contributed by atoms with Crippen LogP contribution in [0.2, 0.25) is 0 Å². The van der Waals surface area contributed by atoms with E-state index in [9.17, 15) is 5.11 Å². The molecule has 0 radical (unpaired) electrons. The molecule has 0 aliphatic carbocycles. The van der Waals surface area contributed by atoms with E-state index in [-0.39, 0.29) is 17.0 Å². The van der Waals surface area contributed by atoms with E-state index < -0.39 is 0 Å². The van der Waals surface area contributed by atoms with Gasteiger partial charge >= 0.3 is 0 Å². The quantitative estimate of drug-likeness (QED) is 0.0624. The molecule has 2 nitrogen and oxygen atoms in total. The highest BCUT2D eigenvalue weighted by molar-refractivity contribution is 4.61. The SMILES string of the molecule is CCCCCCCCCCCCCCCC(CCCCCCCCCCCCCC)C[N+](C)(C)CCO.[Br-]. The minimum atomic E-state index is 0. The highest BCUT2D eigenvalue weighted by Gasteiger charge is 2.21. The maximum absolute atomic E-state index is 9.49. The Kier molecular flexibility index (Phi) is 34.1. The first-order valence-electron chi connectivity index (χ1n) is 17.5. The van der Waals surface area contributed by atoms with Crippen LogP contribution >= 0.6 is 0 Å². The molecule has 38 heavy (non-hydrogen) atoms. The third kappa shape index (κ3) is 30.9. The summed E-state index contributed by atoms with van der Waals surface area (Å²) in [4.78, 5) is 0. The molecule has 1 unspecified atom stereocenters. The summed E-state index contributed by atoms with van der Waals surface area (Å²) in [7, 11) is 4.63. The van der Waals surface area contributed by atoms with E-state index in [2.05, 4.69) is 27.9 Å². The van der Waals surface area contributed by atoms with E-state index in [1.807, 2.05) is 0 Å². The summed E-state index contributed by atoms with van der Waals surface area (Å²) >= 11 is 0. The van der Waals surface area contributed by atoms with Crippen molar-refractivity contribution in [3.05, 3.63) is 0 Å². The lowest BCUT2D eigenvalue weighted by Crippen LogP contribution is -3.00. The van der Waals surface area contributed by atoms with Crippen molar-refractivity contribution in [1.29, 1.82) is 0 Å². The van der Waals surface area contributed by atoms with Crippen LogP contribution in [0.25, 0.3) is 0 Å². The van der Waals surface area contributed by atoms with Crippen LogP contribution in [-0.2, 0) is 0 Å². The van der Waals surface area contributed by atoms with Crippen molar-refractivity contribution >= 4 is 0 Å².